The number of hydrogen-bond acceptors (Lipinski definition) is 5. The molecule has 7 heteroatoms. The first kappa shape index (κ1) is 21.4. The third-order valence-electron chi connectivity index (χ3n) is 5.27. The lowest BCUT2D eigenvalue weighted by atomic mass is 10.00. The fourth-order valence-electron chi connectivity index (χ4n) is 3.51. The molecular weight excluding hydrogens is 400 g/mol. The minimum Gasteiger partial charge on any atom is -0.344 e. The average Bonchev–Trinajstić information content (AvgIpc) is 3.30. The number of hydrogen-bond donors (Lipinski definition) is 1. The van der Waals surface area contributed by atoms with Gasteiger partial charge in [0, 0.05) is 23.9 Å². The van der Waals surface area contributed by atoms with Gasteiger partial charge >= 0.3 is 0 Å². The first-order valence-corrected chi connectivity index (χ1v) is 10.6. The molecule has 2 aromatic carbocycles. The average molecular weight is 427 g/mol. The molecule has 0 radical (unpaired) electrons. The van der Waals surface area contributed by atoms with Gasteiger partial charge in [-0.1, -0.05) is 43.7 Å². The summed E-state index contributed by atoms with van der Waals surface area (Å²) in [6.45, 7) is 8.08. The first-order chi connectivity index (χ1) is 15.4. The Balaban J connectivity index is 1.75. The summed E-state index contributed by atoms with van der Waals surface area (Å²) < 4.78 is 1.80. The van der Waals surface area contributed by atoms with Crippen LogP contribution in [-0.2, 0) is 0 Å². The van der Waals surface area contributed by atoms with Gasteiger partial charge in [0.25, 0.3) is 5.91 Å². The van der Waals surface area contributed by atoms with Gasteiger partial charge in [-0.3, -0.25) is 14.8 Å². The summed E-state index contributed by atoms with van der Waals surface area (Å²) in [7, 11) is 0. The maximum absolute atomic E-state index is 13.2. The van der Waals surface area contributed by atoms with Gasteiger partial charge < -0.3 is 5.32 Å². The van der Waals surface area contributed by atoms with Crippen LogP contribution in [0, 0.1) is 6.92 Å². The van der Waals surface area contributed by atoms with Gasteiger partial charge in [0.15, 0.2) is 0 Å². The number of rotatable bonds is 6. The fraction of sp³-hybridized carbons (Fsp3) is 0.240. The fourth-order valence-corrected chi connectivity index (χ4v) is 3.51. The van der Waals surface area contributed by atoms with E-state index in [0.29, 0.717) is 11.3 Å². The van der Waals surface area contributed by atoms with Crippen molar-refractivity contribution in [1.82, 2.24) is 30.0 Å². The third kappa shape index (κ3) is 4.56. The van der Waals surface area contributed by atoms with Gasteiger partial charge in [0.2, 0.25) is 0 Å². The van der Waals surface area contributed by atoms with E-state index in [1.165, 1.54) is 5.56 Å². The molecule has 2 aromatic heterocycles. The van der Waals surface area contributed by atoms with Crippen molar-refractivity contribution in [2.45, 2.75) is 39.7 Å². The number of carbonyl (C=O) groups excluding carboxylic acids is 1. The standard InChI is InChI=1S/C25H26N6O/c1-16(2)24-28-15-29-31(24)22-12-20(19-7-5-17(3)6-8-19)11-21(13-22)25(32)30-18(4)23-14-26-9-10-27-23/h5-16,18H,1-4H3,(H,30,32). The van der Waals surface area contributed by atoms with Gasteiger partial charge in [0.1, 0.15) is 12.2 Å². The maximum atomic E-state index is 13.2. The van der Waals surface area contributed by atoms with E-state index in [-0.39, 0.29) is 17.9 Å². The highest BCUT2D eigenvalue weighted by Gasteiger charge is 2.17. The van der Waals surface area contributed by atoms with Crippen LogP contribution < -0.4 is 5.32 Å². The van der Waals surface area contributed by atoms with Gasteiger partial charge in [-0.2, -0.15) is 5.10 Å². The SMILES string of the molecule is Cc1ccc(-c2cc(C(=O)NC(C)c3cnccn3)cc(-n3ncnc3C(C)C)c2)cc1. The van der Waals surface area contributed by atoms with E-state index in [9.17, 15) is 4.79 Å². The molecular formula is C25H26N6O. The van der Waals surface area contributed by atoms with E-state index in [1.54, 1.807) is 29.6 Å². The van der Waals surface area contributed by atoms with Crippen LogP contribution in [0.2, 0.25) is 0 Å². The van der Waals surface area contributed by atoms with Crippen molar-refractivity contribution in [3.05, 3.63) is 90.0 Å². The zero-order valence-corrected chi connectivity index (χ0v) is 18.6. The molecule has 4 rings (SSSR count). The van der Waals surface area contributed by atoms with Crippen molar-refractivity contribution in [2.75, 3.05) is 0 Å². The highest BCUT2D eigenvalue weighted by molar-refractivity contribution is 5.96. The molecule has 0 saturated carbocycles. The maximum Gasteiger partial charge on any atom is 0.251 e. The van der Waals surface area contributed by atoms with E-state index in [2.05, 4.69) is 70.4 Å². The van der Waals surface area contributed by atoms with Gasteiger partial charge in [0.05, 0.1) is 23.6 Å². The minimum atomic E-state index is -0.278. The Kier molecular flexibility index (Phi) is 6.07. The van der Waals surface area contributed by atoms with Crippen LogP contribution in [0.5, 0.6) is 0 Å². The first-order valence-electron chi connectivity index (χ1n) is 10.6. The Bertz CT molecular complexity index is 1210. The molecule has 1 amide bonds. The summed E-state index contributed by atoms with van der Waals surface area (Å²) >= 11 is 0. The smallest absolute Gasteiger partial charge is 0.251 e. The molecule has 0 spiro atoms. The molecule has 1 N–H and O–H groups in total. The summed E-state index contributed by atoms with van der Waals surface area (Å²) in [5.41, 5.74) is 5.18. The van der Waals surface area contributed by atoms with E-state index in [4.69, 9.17) is 0 Å². The highest BCUT2D eigenvalue weighted by Crippen LogP contribution is 2.26. The van der Waals surface area contributed by atoms with Gasteiger partial charge in [-0.05, 0) is 43.2 Å². The van der Waals surface area contributed by atoms with Crippen molar-refractivity contribution in [3.8, 4) is 16.8 Å². The number of aryl methyl sites for hydroxylation is 1. The molecule has 2 heterocycles. The predicted molar refractivity (Wildman–Crippen MR) is 124 cm³/mol. The molecule has 0 aliphatic rings. The predicted octanol–water partition coefficient (Wildman–Crippen LogP) is 4.65. The Morgan fingerprint density at radius 1 is 0.969 bits per heavy atom. The second kappa shape index (κ2) is 9.09. The van der Waals surface area contributed by atoms with E-state index in [0.717, 1.165) is 22.6 Å². The normalized spacial score (nSPS) is 12.0. The molecule has 0 bridgehead atoms. The molecule has 0 aliphatic carbocycles. The molecule has 4 aromatic rings. The summed E-state index contributed by atoms with van der Waals surface area (Å²) in [5.74, 6) is 0.837. The third-order valence-corrected chi connectivity index (χ3v) is 5.27. The van der Waals surface area contributed by atoms with E-state index < -0.39 is 0 Å². The van der Waals surface area contributed by atoms with Gasteiger partial charge in [-0.25, -0.2) is 9.67 Å². The van der Waals surface area contributed by atoms with Crippen LogP contribution in [-0.4, -0.2) is 30.6 Å². The van der Waals surface area contributed by atoms with Crippen molar-refractivity contribution in [1.29, 1.82) is 0 Å². The molecule has 1 atom stereocenters. The molecule has 0 saturated heterocycles. The number of amides is 1. The summed E-state index contributed by atoms with van der Waals surface area (Å²) in [6, 6.07) is 13.7. The zero-order valence-electron chi connectivity index (χ0n) is 18.6. The lowest BCUT2D eigenvalue weighted by Gasteiger charge is -2.16. The number of carbonyl (C=O) groups is 1. The Labute approximate surface area is 187 Å². The lowest BCUT2D eigenvalue weighted by Crippen LogP contribution is -2.27. The molecule has 0 aliphatic heterocycles. The Morgan fingerprint density at radius 3 is 2.44 bits per heavy atom. The molecule has 162 valence electrons. The van der Waals surface area contributed by atoms with Gasteiger partial charge in [-0.15, -0.1) is 0 Å². The lowest BCUT2D eigenvalue weighted by molar-refractivity contribution is 0.0939. The topological polar surface area (TPSA) is 85.6 Å². The van der Waals surface area contributed by atoms with Crippen molar-refractivity contribution in [2.24, 2.45) is 0 Å². The Hall–Kier alpha value is -3.87. The van der Waals surface area contributed by atoms with E-state index >= 15 is 0 Å². The Morgan fingerprint density at radius 2 is 1.75 bits per heavy atom. The largest absolute Gasteiger partial charge is 0.344 e. The second-order valence-electron chi connectivity index (χ2n) is 8.14. The van der Waals surface area contributed by atoms with E-state index in [1.807, 2.05) is 25.1 Å². The molecule has 7 nitrogen and oxygen atoms in total. The molecule has 0 fully saturated rings. The molecule has 32 heavy (non-hydrogen) atoms. The summed E-state index contributed by atoms with van der Waals surface area (Å²) in [6.07, 6.45) is 6.43. The number of nitrogens with zero attached hydrogens (tertiary/aromatic N) is 5. The quantitative estimate of drug-likeness (QED) is 0.485. The van der Waals surface area contributed by atoms with Crippen molar-refractivity contribution in [3.63, 3.8) is 0 Å². The number of aromatic nitrogens is 5. The monoisotopic (exact) mass is 426 g/mol. The second-order valence-corrected chi connectivity index (χ2v) is 8.14. The molecule has 1 unspecified atom stereocenters. The van der Waals surface area contributed by atoms with Crippen molar-refractivity contribution >= 4 is 5.91 Å². The van der Waals surface area contributed by atoms with Crippen LogP contribution in [0.15, 0.2) is 67.4 Å². The summed E-state index contributed by atoms with van der Waals surface area (Å²) in [5, 5.41) is 7.44. The van der Waals surface area contributed by atoms with Crippen LogP contribution >= 0.6 is 0 Å². The van der Waals surface area contributed by atoms with Crippen LogP contribution in [0.4, 0.5) is 0 Å². The number of benzene rings is 2. The number of nitrogens with one attached hydrogen (secondary N) is 1. The van der Waals surface area contributed by atoms with Crippen LogP contribution in [0.3, 0.4) is 0 Å². The summed E-state index contributed by atoms with van der Waals surface area (Å²) in [4.78, 5) is 26.0. The van der Waals surface area contributed by atoms with Crippen LogP contribution in [0.1, 0.15) is 60.2 Å². The van der Waals surface area contributed by atoms with Crippen molar-refractivity contribution < 1.29 is 4.79 Å². The highest BCUT2D eigenvalue weighted by atomic mass is 16.1. The zero-order chi connectivity index (χ0) is 22.7. The minimum absolute atomic E-state index is 0.189. The van der Waals surface area contributed by atoms with Crippen LogP contribution in [0.25, 0.3) is 16.8 Å².